The Labute approximate surface area is 150 Å². The summed E-state index contributed by atoms with van der Waals surface area (Å²) in [4.78, 5) is 8.86. The van der Waals surface area contributed by atoms with E-state index in [-0.39, 0.29) is 17.5 Å². The molecule has 1 atom stereocenters. The number of aromatic nitrogens is 6. The van der Waals surface area contributed by atoms with E-state index in [0.717, 1.165) is 36.2 Å². The van der Waals surface area contributed by atoms with Crippen molar-refractivity contribution in [3.05, 3.63) is 35.8 Å². The highest BCUT2D eigenvalue weighted by atomic mass is 32.2. The molecule has 3 aromatic rings. The minimum Gasteiger partial charge on any atom is -0.282 e. The monoisotopic (exact) mass is 370 g/mol. The zero-order chi connectivity index (χ0) is 17.7. The van der Waals surface area contributed by atoms with Crippen LogP contribution in [0.2, 0.25) is 0 Å². The fourth-order valence-corrected chi connectivity index (χ4v) is 5.52. The van der Waals surface area contributed by atoms with Gasteiger partial charge in [-0.05, 0) is 37.8 Å². The van der Waals surface area contributed by atoms with Gasteiger partial charge < -0.3 is 0 Å². The van der Waals surface area contributed by atoms with E-state index in [1.165, 1.54) is 5.56 Å². The summed E-state index contributed by atoms with van der Waals surface area (Å²) >= 11 is 0. The molecule has 1 N–H and O–H groups in total. The summed E-state index contributed by atoms with van der Waals surface area (Å²) in [6.07, 6.45) is 7.01. The van der Waals surface area contributed by atoms with Gasteiger partial charge in [0.05, 0.1) is 17.5 Å². The molecular weight excluding hydrogens is 352 g/mol. The highest BCUT2D eigenvalue weighted by Gasteiger charge is 2.34. The van der Waals surface area contributed by atoms with E-state index in [9.17, 15) is 8.42 Å². The molecule has 26 heavy (non-hydrogen) atoms. The number of H-pyrrole nitrogens is 1. The van der Waals surface area contributed by atoms with E-state index in [1.807, 2.05) is 12.1 Å². The van der Waals surface area contributed by atoms with E-state index in [0.29, 0.717) is 18.1 Å². The Bertz CT molecular complexity index is 1070. The second-order valence-corrected chi connectivity index (χ2v) is 9.11. The average molecular weight is 370 g/mol. The molecule has 0 amide bonds. The maximum atomic E-state index is 12.0. The zero-order valence-electron chi connectivity index (χ0n) is 14.1. The quantitative estimate of drug-likeness (QED) is 0.750. The molecule has 8 nitrogen and oxygen atoms in total. The van der Waals surface area contributed by atoms with Crippen molar-refractivity contribution in [3.63, 3.8) is 0 Å². The molecule has 0 spiro atoms. The van der Waals surface area contributed by atoms with Crippen molar-refractivity contribution in [1.82, 2.24) is 29.9 Å². The molecule has 0 unspecified atom stereocenters. The van der Waals surface area contributed by atoms with Crippen molar-refractivity contribution in [3.8, 4) is 22.9 Å². The van der Waals surface area contributed by atoms with Crippen LogP contribution in [0.4, 0.5) is 0 Å². The molecule has 9 heteroatoms. The van der Waals surface area contributed by atoms with Gasteiger partial charge in [0.25, 0.3) is 0 Å². The van der Waals surface area contributed by atoms with Gasteiger partial charge in [0.1, 0.15) is 5.69 Å². The summed E-state index contributed by atoms with van der Waals surface area (Å²) in [5.74, 6) is 1.48. The maximum Gasteiger partial charge on any atom is 0.183 e. The minimum absolute atomic E-state index is 0.0997. The van der Waals surface area contributed by atoms with Gasteiger partial charge >= 0.3 is 0 Å². The third kappa shape index (κ3) is 2.54. The molecule has 0 radical (unpaired) electrons. The van der Waals surface area contributed by atoms with Crippen molar-refractivity contribution in [2.45, 2.75) is 31.7 Å². The number of hydrogen-bond donors (Lipinski definition) is 1. The van der Waals surface area contributed by atoms with Gasteiger partial charge in [0.15, 0.2) is 21.5 Å². The smallest absolute Gasteiger partial charge is 0.183 e. The first kappa shape index (κ1) is 15.7. The van der Waals surface area contributed by atoms with Crippen LogP contribution in [0.1, 0.15) is 30.1 Å². The minimum atomic E-state index is -3.03. The standard InChI is InChI=1S/C17H18N6O2S/c24-26(25)8-6-12(10-26)23-17(15-13-4-1-5-14(13)20-21-15)19-16(22-23)11-3-2-7-18-9-11/h2-3,7,9,12H,1,4-6,8,10H2,(H,20,21)/t12-/m0/s1. The first-order chi connectivity index (χ1) is 12.6. The van der Waals surface area contributed by atoms with Gasteiger partial charge in [0.2, 0.25) is 0 Å². The Balaban J connectivity index is 1.65. The highest BCUT2D eigenvalue weighted by Crippen LogP contribution is 2.34. The normalized spacial score (nSPS) is 21.2. The van der Waals surface area contributed by atoms with Crippen LogP contribution >= 0.6 is 0 Å². The van der Waals surface area contributed by atoms with Crippen LogP contribution in [-0.2, 0) is 22.7 Å². The van der Waals surface area contributed by atoms with Crippen molar-refractivity contribution >= 4 is 9.84 Å². The topological polar surface area (TPSA) is 106 Å². The molecule has 4 heterocycles. The molecule has 1 saturated heterocycles. The van der Waals surface area contributed by atoms with Crippen molar-refractivity contribution in [2.24, 2.45) is 0 Å². The lowest BCUT2D eigenvalue weighted by Crippen LogP contribution is -2.14. The summed E-state index contributed by atoms with van der Waals surface area (Å²) in [6, 6.07) is 3.53. The number of nitrogens with one attached hydrogen (secondary N) is 1. The second kappa shape index (κ2) is 5.73. The van der Waals surface area contributed by atoms with Gasteiger partial charge in [-0.3, -0.25) is 10.1 Å². The lowest BCUT2D eigenvalue weighted by Gasteiger charge is -2.11. The van der Waals surface area contributed by atoms with Crippen LogP contribution in [0.5, 0.6) is 0 Å². The molecule has 3 aromatic heterocycles. The Morgan fingerprint density at radius 2 is 2.19 bits per heavy atom. The lowest BCUT2D eigenvalue weighted by molar-refractivity contribution is 0.504. The van der Waals surface area contributed by atoms with Gasteiger partial charge in [0, 0.05) is 29.2 Å². The molecule has 1 fully saturated rings. The molecular formula is C17H18N6O2S. The van der Waals surface area contributed by atoms with Gasteiger partial charge in [-0.1, -0.05) is 0 Å². The third-order valence-corrected chi connectivity index (χ3v) is 6.87. The fourth-order valence-electron chi connectivity index (χ4n) is 3.83. The predicted molar refractivity (Wildman–Crippen MR) is 95.2 cm³/mol. The van der Waals surface area contributed by atoms with Crippen LogP contribution in [0, 0.1) is 0 Å². The highest BCUT2D eigenvalue weighted by molar-refractivity contribution is 7.91. The van der Waals surface area contributed by atoms with Crippen LogP contribution in [0.3, 0.4) is 0 Å². The van der Waals surface area contributed by atoms with Crippen LogP contribution in [-0.4, -0.2) is 49.9 Å². The molecule has 1 aliphatic heterocycles. The summed E-state index contributed by atoms with van der Waals surface area (Å²) in [7, 11) is -3.03. The number of fused-ring (bicyclic) bond motifs is 1. The van der Waals surface area contributed by atoms with E-state index in [2.05, 4.69) is 20.3 Å². The number of nitrogens with zero attached hydrogens (tertiary/aromatic N) is 5. The number of sulfone groups is 1. The Hall–Kier alpha value is -2.55. The third-order valence-electron chi connectivity index (χ3n) is 5.12. The first-order valence-electron chi connectivity index (χ1n) is 8.74. The van der Waals surface area contributed by atoms with Crippen molar-refractivity contribution < 1.29 is 8.42 Å². The Kier molecular flexibility index (Phi) is 3.46. The lowest BCUT2D eigenvalue weighted by atomic mass is 10.2. The Morgan fingerprint density at radius 1 is 1.27 bits per heavy atom. The molecule has 0 aromatic carbocycles. The summed E-state index contributed by atoms with van der Waals surface area (Å²) < 4.78 is 25.7. The molecule has 0 bridgehead atoms. The molecule has 1 aliphatic carbocycles. The van der Waals surface area contributed by atoms with E-state index >= 15 is 0 Å². The maximum absolute atomic E-state index is 12.0. The zero-order valence-corrected chi connectivity index (χ0v) is 14.9. The molecule has 2 aliphatic rings. The van der Waals surface area contributed by atoms with E-state index < -0.39 is 9.84 Å². The summed E-state index contributed by atoms with van der Waals surface area (Å²) in [5, 5.41) is 12.2. The van der Waals surface area contributed by atoms with Crippen LogP contribution in [0.25, 0.3) is 22.9 Å². The van der Waals surface area contributed by atoms with Crippen LogP contribution < -0.4 is 0 Å². The van der Waals surface area contributed by atoms with Gasteiger partial charge in [-0.15, -0.1) is 0 Å². The van der Waals surface area contributed by atoms with E-state index in [1.54, 1.807) is 17.1 Å². The second-order valence-electron chi connectivity index (χ2n) is 6.89. The largest absolute Gasteiger partial charge is 0.282 e. The van der Waals surface area contributed by atoms with Crippen molar-refractivity contribution in [2.75, 3.05) is 11.5 Å². The van der Waals surface area contributed by atoms with E-state index in [4.69, 9.17) is 4.98 Å². The number of rotatable bonds is 3. The predicted octanol–water partition coefficient (Wildman–Crippen LogP) is 1.58. The number of aromatic amines is 1. The SMILES string of the molecule is O=S1(=O)CC[C@H](n2nc(-c3cccnc3)nc2-c2n[nH]c3c2CCC3)C1. The van der Waals surface area contributed by atoms with Crippen LogP contribution in [0.15, 0.2) is 24.5 Å². The summed E-state index contributed by atoms with van der Waals surface area (Å²) in [5.41, 5.74) is 3.93. The fraction of sp³-hybridized carbons (Fsp3) is 0.412. The number of hydrogen-bond acceptors (Lipinski definition) is 6. The van der Waals surface area contributed by atoms with Gasteiger partial charge in [-0.25, -0.2) is 18.1 Å². The molecule has 0 saturated carbocycles. The molecule has 134 valence electrons. The summed E-state index contributed by atoms with van der Waals surface area (Å²) in [6.45, 7) is 0. The first-order valence-corrected chi connectivity index (χ1v) is 10.6. The number of aryl methyl sites for hydroxylation is 1. The number of pyridine rings is 1. The Morgan fingerprint density at radius 3 is 2.96 bits per heavy atom. The van der Waals surface area contributed by atoms with Gasteiger partial charge in [-0.2, -0.15) is 10.2 Å². The van der Waals surface area contributed by atoms with Crippen molar-refractivity contribution in [1.29, 1.82) is 0 Å². The molecule has 5 rings (SSSR count). The average Bonchev–Trinajstić information content (AvgIpc) is 3.37.